The zero-order valence-corrected chi connectivity index (χ0v) is 7.85. The first kappa shape index (κ1) is 9.56. The number of rotatable bonds is 2. The lowest BCUT2D eigenvalue weighted by molar-refractivity contribution is -0.142. The molecule has 2 fully saturated rings. The minimum absolute atomic E-state index is 0.424. The number of carbonyl (C=O) groups is 3. The summed E-state index contributed by atoms with van der Waals surface area (Å²) in [6, 6.07) is -1.92. The summed E-state index contributed by atoms with van der Waals surface area (Å²) < 4.78 is 0. The molecule has 2 saturated heterocycles. The smallest absolute Gasteiger partial charge is 0.326 e. The molecule has 0 saturated carbocycles. The predicted octanol–water partition coefficient (Wildman–Crippen LogP) is -1.55. The summed E-state index contributed by atoms with van der Waals surface area (Å²) in [5.41, 5.74) is 0. The van der Waals surface area contributed by atoms with E-state index in [1.54, 1.807) is 0 Å². The number of hydrogen-bond donors (Lipinski definition) is 4. The largest absolute Gasteiger partial charge is 0.480 e. The third-order valence-electron chi connectivity index (χ3n) is 2.47. The Morgan fingerprint density at radius 1 is 1.40 bits per heavy atom. The van der Waals surface area contributed by atoms with E-state index in [0.717, 1.165) is 4.90 Å². The summed E-state index contributed by atoms with van der Waals surface area (Å²) in [6.45, 7) is 1.38. The Labute approximate surface area is 84.6 Å². The maximum absolute atomic E-state index is 11.4. The van der Waals surface area contributed by atoms with Gasteiger partial charge in [-0.1, -0.05) is 0 Å². The first-order valence-corrected chi connectivity index (χ1v) is 4.39. The Morgan fingerprint density at radius 2 is 2.07 bits per heavy atom. The lowest BCUT2D eigenvalue weighted by Gasteiger charge is -2.24. The van der Waals surface area contributed by atoms with Gasteiger partial charge >= 0.3 is 18.0 Å². The average Bonchev–Trinajstić information content (AvgIpc) is 2.58. The van der Waals surface area contributed by atoms with Crippen molar-refractivity contribution in [3.05, 3.63) is 0 Å². The molecular formula is C7H10N4O4. The first-order valence-electron chi connectivity index (χ1n) is 4.39. The number of fused-ring (bicyclic) bond motifs is 1. The average molecular weight is 214 g/mol. The fraction of sp³-hybridized carbons (Fsp3) is 0.571. The second-order valence-electron chi connectivity index (χ2n) is 3.41. The number of urea groups is 2. The van der Waals surface area contributed by atoms with E-state index >= 15 is 0 Å². The normalized spacial score (nSPS) is 30.3. The molecule has 2 rings (SSSR count). The molecule has 2 aliphatic rings. The van der Waals surface area contributed by atoms with E-state index in [4.69, 9.17) is 5.11 Å². The Balaban J connectivity index is 2.20. The van der Waals surface area contributed by atoms with Gasteiger partial charge in [0.1, 0.15) is 18.4 Å². The highest BCUT2D eigenvalue weighted by Gasteiger charge is 2.48. The fourth-order valence-electron chi connectivity index (χ4n) is 1.69. The molecule has 2 aliphatic heterocycles. The van der Waals surface area contributed by atoms with Crippen molar-refractivity contribution in [3.63, 3.8) is 0 Å². The molecule has 0 aromatic carbocycles. The van der Waals surface area contributed by atoms with Gasteiger partial charge in [-0.25, -0.2) is 14.4 Å². The third-order valence-corrected chi connectivity index (χ3v) is 2.47. The van der Waals surface area contributed by atoms with Crippen LogP contribution in [0, 0.1) is 0 Å². The second kappa shape index (κ2) is 3.01. The van der Waals surface area contributed by atoms with Crippen LogP contribution in [0.5, 0.6) is 0 Å². The van der Waals surface area contributed by atoms with Gasteiger partial charge in [-0.05, 0) is 6.92 Å². The molecule has 8 heteroatoms. The molecule has 15 heavy (non-hydrogen) atoms. The van der Waals surface area contributed by atoms with E-state index in [1.807, 2.05) is 0 Å². The Kier molecular flexibility index (Phi) is 1.92. The number of nitrogens with zero attached hydrogens (tertiary/aromatic N) is 1. The number of carboxylic acid groups (broad SMARTS) is 1. The van der Waals surface area contributed by atoms with Gasteiger partial charge < -0.3 is 21.1 Å². The van der Waals surface area contributed by atoms with Gasteiger partial charge in [0.05, 0.1) is 0 Å². The molecule has 8 nitrogen and oxygen atoms in total. The van der Waals surface area contributed by atoms with E-state index in [-0.39, 0.29) is 0 Å². The van der Waals surface area contributed by atoms with Gasteiger partial charge in [-0.2, -0.15) is 0 Å². The summed E-state index contributed by atoms with van der Waals surface area (Å²) in [6.07, 6.45) is -1.21. The SMILES string of the molecule is C[C@@H](C(=O)O)N1C(=O)N[C@@H]2NC(=O)N[C@@H]21. The summed E-state index contributed by atoms with van der Waals surface area (Å²) in [5, 5.41) is 16.2. The van der Waals surface area contributed by atoms with Crippen molar-refractivity contribution >= 4 is 18.0 Å². The van der Waals surface area contributed by atoms with Crippen LogP contribution in [-0.4, -0.2) is 46.4 Å². The predicted molar refractivity (Wildman–Crippen MR) is 46.7 cm³/mol. The Morgan fingerprint density at radius 3 is 2.67 bits per heavy atom. The van der Waals surface area contributed by atoms with Gasteiger partial charge in [-0.3, -0.25) is 4.90 Å². The van der Waals surface area contributed by atoms with Gasteiger partial charge in [0.2, 0.25) is 0 Å². The molecule has 3 atom stereocenters. The molecule has 0 radical (unpaired) electrons. The van der Waals surface area contributed by atoms with Crippen LogP contribution in [0.25, 0.3) is 0 Å². The monoisotopic (exact) mass is 214 g/mol. The van der Waals surface area contributed by atoms with Crippen molar-refractivity contribution in [1.82, 2.24) is 20.9 Å². The van der Waals surface area contributed by atoms with E-state index < -0.39 is 36.4 Å². The fourth-order valence-corrected chi connectivity index (χ4v) is 1.69. The van der Waals surface area contributed by atoms with Crippen LogP contribution in [0.4, 0.5) is 9.59 Å². The van der Waals surface area contributed by atoms with Crippen molar-refractivity contribution in [1.29, 1.82) is 0 Å². The summed E-state index contributed by atoms with van der Waals surface area (Å²) in [7, 11) is 0. The van der Waals surface area contributed by atoms with Gasteiger partial charge in [-0.15, -0.1) is 0 Å². The quantitative estimate of drug-likeness (QED) is 0.446. The Bertz CT molecular complexity index is 344. The molecule has 0 aliphatic carbocycles. The molecule has 0 aromatic rings. The maximum atomic E-state index is 11.4. The summed E-state index contributed by atoms with van der Waals surface area (Å²) >= 11 is 0. The number of carboxylic acids is 1. The minimum atomic E-state index is -1.12. The molecule has 4 N–H and O–H groups in total. The highest BCUT2D eigenvalue weighted by Crippen LogP contribution is 2.17. The van der Waals surface area contributed by atoms with Crippen LogP contribution in [0.15, 0.2) is 0 Å². The molecule has 0 aromatic heterocycles. The third kappa shape index (κ3) is 1.34. The lowest BCUT2D eigenvalue weighted by atomic mass is 10.3. The van der Waals surface area contributed by atoms with Crippen LogP contribution in [0.3, 0.4) is 0 Å². The van der Waals surface area contributed by atoms with Crippen molar-refractivity contribution in [2.24, 2.45) is 0 Å². The number of nitrogens with one attached hydrogen (secondary N) is 3. The number of aliphatic carboxylic acids is 1. The van der Waals surface area contributed by atoms with Gasteiger partial charge in [0.15, 0.2) is 0 Å². The van der Waals surface area contributed by atoms with Crippen molar-refractivity contribution < 1.29 is 19.5 Å². The van der Waals surface area contributed by atoms with Crippen LogP contribution in [-0.2, 0) is 4.79 Å². The van der Waals surface area contributed by atoms with E-state index in [2.05, 4.69) is 16.0 Å². The van der Waals surface area contributed by atoms with Gasteiger partial charge in [0.25, 0.3) is 0 Å². The van der Waals surface area contributed by atoms with Crippen molar-refractivity contribution in [2.75, 3.05) is 0 Å². The Hall–Kier alpha value is -1.99. The number of hydrogen-bond acceptors (Lipinski definition) is 3. The number of carbonyl (C=O) groups excluding carboxylic acids is 2. The molecule has 82 valence electrons. The molecule has 2 heterocycles. The van der Waals surface area contributed by atoms with Crippen molar-refractivity contribution in [2.45, 2.75) is 25.3 Å². The molecule has 0 spiro atoms. The summed E-state index contributed by atoms with van der Waals surface area (Å²) in [4.78, 5) is 34.2. The van der Waals surface area contributed by atoms with E-state index in [9.17, 15) is 14.4 Å². The zero-order chi connectivity index (χ0) is 11.2. The van der Waals surface area contributed by atoms with Crippen LogP contribution in [0.2, 0.25) is 0 Å². The lowest BCUT2D eigenvalue weighted by Crippen LogP contribution is -2.50. The van der Waals surface area contributed by atoms with Crippen LogP contribution in [0.1, 0.15) is 6.92 Å². The minimum Gasteiger partial charge on any atom is -0.480 e. The second-order valence-corrected chi connectivity index (χ2v) is 3.41. The highest BCUT2D eigenvalue weighted by molar-refractivity contribution is 5.88. The van der Waals surface area contributed by atoms with E-state index in [0.29, 0.717) is 0 Å². The molecule has 4 amide bonds. The molecular weight excluding hydrogens is 204 g/mol. The maximum Gasteiger partial charge on any atom is 0.326 e. The zero-order valence-electron chi connectivity index (χ0n) is 7.85. The first-order chi connectivity index (χ1) is 7.00. The number of amides is 4. The van der Waals surface area contributed by atoms with Crippen molar-refractivity contribution in [3.8, 4) is 0 Å². The van der Waals surface area contributed by atoms with Gasteiger partial charge in [0, 0.05) is 0 Å². The standard InChI is InChI=1S/C7H10N4O4/c1-2(5(12)13)11-4-3(9-7(11)15)8-6(14)10-4/h2-4H,1H3,(H,9,15)(H,12,13)(H2,8,10,14)/t2-,3-,4+/m0/s1. The van der Waals surface area contributed by atoms with Crippen LogP contribution >= 0.6 is 0 Å². The highest BCUT2D eigenvalue weighted by atomic mass is 16.4. The summed E-state index contributed by atoms with van der Waals surface area (Å²) in [5.74, 6) is -1.12. The van der Waals surface area contributed by atoms with E-state index in [1.165, 1.54) is 6.92 Å². The topological polar surface area (TPSA) is 111 Å². The van der Waals surface area contributed by atoms with Crippen LogP contribution < -0.4 is 16.0 Å². The molecule has 0 unspecified atom stereocenters. The molecule has 0 bridgehead atoms.